The van der Waals surface area contributed by atoms with Crippen molar-refractivity contribution in [1.29, 1.82) is 0 Å². The second kappa shape index (κ2) is 5.50. The lowest BCUT2D eigenvalue weighted by molar-refractivity contribution is 0.628. The van der Waals surface area contributed by atoms with E-state index in [0.717, 1.165) is 0 Å². The SMILES string of the molecule is Nc1cc(F)ccc1CS(=O)c1ccccc1Cl. The van der Waals surface area contributed by atoms with Gasteiger partial charge < -0.3 is 5.73 Å². The van der Waals surface area contributed by atoms with Crippen LogP contribution >= 0.6 is 11.6 Å². The Labute approximate surface area is 112 Å². The number of nitrogens with two attached hydrogens (primary N) is 1. The first-order valence-electron chi connectivity index (χ1n) is 5.25. The minimum Gasteiger partial charge on any atom is -0.398 e. The molecule has 94 valence electrons. The quantitative estimate of drug-likeness (QED) is 0.878. The minimum absolute atomic E-state index is 0.218. The van der Waals surface area contributed by atoms with E-state index in [1.807, 2.05) is 0 Å². The van der Waals surface area contributed by atoms with Gasteiger partial charge in [0.15, 0.2) is 0 Å². The first-order valence-corrected chi connectivity index (χ1v) is 6.94. The zero-order valence-electron chi connectivity index (χ0n) is 9.40. The summed E-state index contributed by atoms with van der Waals surface area (Å²) in [5, 5.41) is 0.455. The summed E-state index contributed by atoms with van der Waals surface area (Å²) in [5.74, 6) is -0.185. The first-order chi connectivity index (χ1) is 8.58. The molecule has 0 aliphatic carbocycles. The predicted octanol–water partition coefficient (Wildman–Crippen LogP) is 3.37. The van der Waals surface area contributed by atoms with Crippen molar-refractivity contribution in [2.24, 2.45) is 0 Å². The molecule has 0 amide bonds. The lowest BCUT2D eigenvalue weighted by atomic mass is 10.2. The molecule has 18 heavy (non-hydrogen) atoms. The molecule has 0 radical (unpaired) electrons. The normalized spacial score (nSPS) is 12.3. The maximum Gasteiger partial charge on any atom is 0.125 e. The zero-order valence-corrected chi connectivity index (χ0v) is 11.0. The topological polar surface area (TPSA) is 43.1 Å². The van der Waals surface area contributed by atoms with Crippen LogP contribution in [-0.2, 0) is 16.6 Å². The number of hydrogen-bond acceptors (Lipinski definition) is 2. The van der Waals surface area contributed by atoms with Crippen LogP contribution in [0.2, 0.25) is 5.02 Å². The second-order valence-corrected chi connectivity index (χ2v) is 5.59. The van der Waals surface area contributed by atoms with Crippen molar-refractivity contribution in [3.63, 3.8) is 0 Å². The number of halogens is 2. The van der Waals surface area contributed by atoms with Crippen LogP contribution in [0, 0.1) is 5.82 Å². The van der Waals surface area contributed by atoms with E-state index in [4.69, 9.17) is 17.3 Å². The number of benzene rings is 2. The number of rotatable bonds is 3. The van der Waals surface area contributed by atoms with Crippen LogP contribution in [0.25, 0.3) is 0 Å². The molecule has 2 nitrogen and oxygen atoms in total. The molecule has 0 aliphatic heterocycles. The molecular formula is C13H11ClFNOS. The lowest BCUT2D eigenvalue weighted by Crippen LogP contribution is -2.01. The summed E-state index contributed by atoms with van der Waals surface area (Å²) in [7, 11) is -1.30. The largest absolute Gasteiger partial charge is 0.398 e. The molecule has 0 bridgehead atoms. The highest BCUT2D eigenvalue weighted by atomic mass is 35.5. The Balaban J connectivity index is 2.24. The molecular weight excluding hydrogens is 273 g/mol. The van der Waals surface area contributed by atoms with Gasteiger partial charge in [-0.25, -0.2) is 4.39 Å². The van der Waals surface area contributed by atoms with Crippen molar-refractivity contribution in [2.75, 3.05) is 5.73 Å². The highest BCUT2D eigenvalue weighted by molar-refractivity contribution is 7.84. The van der Waals surface area contributed by atoms with Crippen molar-refractivity contribution in [1.82, 2.24) is 0 Å². The van der Waals surface area contributed by atoms with Gasteiger partial charge in [-0.1, -0.05) is 29.8 Å². The molecule has 1 atom stereocenters. The molecule has 2 aromatic rings. The van der Waals surface area contributed by atoms with Gasteiger partial charge in [-0.05, 0) is 29.8 Å². The minimum atomic E-state index is -1.30. The molecule has 0 saturated carbocycles. The van der Waals surface area contributed by atoms with E-state index >= 15 is 0 Å². The van der Waals surface area contributed by atoms with Crippen molar-refractivity contribution < 1.29 is 8.60 Å². The van der Waals surface area contributed by atoms with E-state index in [9.17, 15) is 8.60 Å². The summed E-state index contributed by atoms with van der Waals surface area (Å²) >= 11 is 5.97. The van der Waals surface area contributed by atoms with E-state index < -0.39 is 16.6 Å². The van der Waals surface area contributed by atoms with Gasteiger partial charge in [-0.15, -0.1) is 0 Å². The Morgan fingerprint density at radius 1 is 1.22 bits per heavy atom. The molecule has 0 aliphatic rings. The molecule has 0 spiro atoms. The second-order valence-electron chi connectivity index (χ2n) is 3.76. The fourth-order valence-electron chi connectivity index (χ4n) is 1.55. The lowest BCUT2D eigenvalue weighted by Gasteiger charge is -2.07. The first kappa shape index (κ1) is 13.1. The zero-order chi connectivity index (χ0) is 13.1. The molecule has 2 aromatic carbocycles. The van der Waals surface area contributed by atoms with Crippen LogP contribution in [0.15, 0.2) is 47.4 Å². The average Bonchev–Trinajstić information content (AvgIpc) is 2.33. The maximum absolute atomic E-state index is 12.9. The summed E-state index contributed by atoms with van der Waals surface area (Å²) < 4.78 is 25.0. The van der Waals surface area contributed by atoms with Crippen LogP contribution in [0.4, 0.5) is 10.1 Å². The van der Waals surface area contributed by atoms with Gasteiger partial charge in [0.2, 0.25) is 0 Å². The third-order valence-corrected chi connectivity index (χ3v) is 4.34. The summed E-state index contributed by atoms with van der Waals surface area (Å²) in [5.41, 5.74) is 6.63. The Hall–Kier alpha value is -1.39. The maximum atomic E-state index is 12.9. The van der Waals surface area contributed by atoms with Gasteiger partial charge in [0.1, 0.15) is 5.82 Å². The van der Waals surface area contributed by atoms with E-state index in [1.165, 1.54) is 12.1 Å². The summed E-state index contributed by atoms with van der Waals surface area (Å²) in [6, 6.07) is 11.0. The van der Waals surface area contributed by atoms with Crippen molar-refractivity contribution in [3.8, 4) is 0 Å². The summed E-state index contributed by atoms with van der Waals surface area (Å²) in [4.78, 5) is 0.558. The van der Waals surface area contributed by atoms with E-state index in [1.54, 1.807) is 30.3 Å². The van der Waals surface area contributed by atoms with Crippen LogP contribution < -0.4 is 5.73 Å². The Morgan fingerprint density at radius 2 is 1.94 bits per heavy atom. The van der Waals surface area contributed by atoms with Crippen molar-refractivity contribution in [2.45, 2.75) is 10.6 Å². The van der Waals surface area contributed by atoms with Crippen LogP contribution in [0.5, 0.6) is 0 Å². The highest BCUT2D eigenvalue weighted by Crippen LogP contribution is 2.23. The molecule has 2 N–H and O–H groups in total. The Bertz CT molecular complexity index is 603. The molecule has 0 fully saturated rings. The van der Waals surface area contributed by atoms with Crippen molar-refractivity contribution >= 4 is 28.1 Å². The third-order valence-electron chi connectivity index (χ3n) is 2.48. The van der Waals surface area contributed by atoms with Gasteiger partial charge in [0.05, 0.1) is 26.5 Å². The third kappa shape index (κ3) is 2.89. The predicted molar refractivity (Wildman–Crippen MR) is 72.4 cm³/mol. The van der Waals surface area contributed by atoms with Crippen LogP contribution in [0.3, 0.4) is 0 Å². The van der Waals surface area contributed by atoms with E-state index in [-0.39, 0.29) is 5.75 Å². The van der Waals surface area contributed by atoms with Crippen LogP contribution in [0.1, 0.15) is 5.56 Å². The Kier molecular flexibility index (Phi) is 3.99. The van der Waals surface area contributed by atoms with E-state index in [0.29, 0.717) is 21.2 Å². The summed E-state index contributed by atoms with van der Waals surface area (Å²) in [6.45, 7) is 0. The number of nitrogen functional groups attached to an aromatic ring is 1. The fourth-order valence-corrected chi connectivity index (χ4v) is 3.16. The smallest absolute Gasteiger partial charge is 0.125 e. The standard InChI is InChI=1S/C13H11ClFNOS/c14-11-3-1-2-4-13(11)18(17)8-9-5-6-10(15)7-12(9)16/h1-7H,8,16H2. The van der Waals surface area contributed by atoms with Gasteiger partial charge in [0.25, 0.3) is 0 Å². The van der Waals surface area contributed by atoms with Gasteiger partial charge in [0, 0.05) is 5.69 Å². The average molecular weight is 284 g/mol. The van der Waals surface area contributed by atoms with Crippen LogP contribution in [-0.4, -0.2) is 4.21 Å². The Morgan fingerprint density at radius 3 is 2.61 bits per heavy atom. The molecule has 0 saturated heterocycles. The highest BCUT2D eigenvalue weighted by Gasteiger charge is 2.11. The van der Waals surface area contributed by atoms with Gasteiger partial charge in [-0.3, -0.25) is 4.21 Å². The number of anilines is 1. The fraction of sp³-hybridized carbons (Fsp3) is 0.0769. The molecule has 0 heterocycles. The molecule has 2 rings (SSSR count). The van der Waals surface area contributed by atoms with Crippen molar-refractivity contribution in [3.05, 3.63) is 58.9 Å². The molecule has 0 aromatic heterocycles. The number of hydrogen-bond donors (Lipinski definition) is 1. The van der Waals surface area contributed by atoms with Gasteiger partial charge >= 0.3 is 0 Å². The molecule has 5 heteroatoms. The monoisotopic (exact) mass is 283 g/mol. The van der Waals surface area contributed by atoms with Gasteiger partial charge in [-0.2, -0.15) is 0 Å². The van der Waals surface area contributed by atoms with E-state index in [2.05, 4.69) is 0 Å². The summed E-state index contributed by atoms with van der Waals surface area (Å²) in [6.07, 6.45) is 0. The molecule has 1 unspecified atom stereocenters.